The average Bonchev–Trinajstić information content (AvgIpc) is 2.70. The number of hydrogen-bond acceptors (Lipinski definition) is 4. The molecule has 0 aliphatic heterocycles. The van der Waals surface area contributed by atoms with Crippen molar-refractivity contribution in [3.05, 3.63) is 52.2 Å². The van der Waals surface area contributed by atoms with Crippen molar-refractivity contribution in [1.29, 1.82) is 0 Å². The van der Waals surface area contributed by atoms with Gasteiger partial charge in [-0.05, 0) is 165 Å². The van der Waals surface area contributed by atoms with E-state index in [1.807, 2.05) is 6.07 Å². The third kappa shape index (κ3) is 4.37. The van der Waals surface area contributed by atoms with Gasteiger partial charge in [0.25, 0.3) is 10.1 Å². The molecule has 6 rings (SSSR count). The van der Waals surface area contributed by atoms with Gasteiger partial charge in [0, 0.05) is 10.7 Å². The van der Waals surface area contributed by atoms with Crippen LogP contribution in [0.3, 0.4) is 0 Å². The van der Waals surface area contributed by atoms with Crippen LogP contribution in [0.15, 0.2) is 35.2 Å². The summed E-state index contributed by atoms with van der Waals surface area (Å²) >= 11 is 6.58. The van der Waals surface area contributed by atoms with Gasteiger partial charge in [-0.15, -0.1) is 0 Å². The largest absolute Gasteiger partial charge is 0.423 e. The van der Waals surface area contributed by atoms with Crippen LogP contribution in [0.1, 0.15) is 53.9 Å². The number of carbonyl (C=O) groups is 1. The Morgan fingerprint density at radius 3 is 2.12 bits per heavy atom. The van der Waals surface area contributed by atoms with Crippen molar-refractivity contribution in [2.24, 2.45) is 23.7 Å². The van der Waals surface area contributed by atoms with Gasteiger partial charge in [0.05, 0.1) is 10.5 Å². The SMILES string of the molecule is O=C(Oc1ccc(S(=O)(=O)O)c(C2C3CC4CC(C3)CC2C4)c1)c1ccc(I)c(I)c1I. The zero-order valence-electron chi connectivity index (χ0n) is 16.9. The predicted octanol–water partition coefficient (Wildman–Crippen LogP) is 6.51. The zero-order chi connectivity index (χ0) is 22.8. The summed E-state index contributed by atoms with van der Waals surface area (Å²) in [6.45, 7) is 0. The van der Waals surface area contributed by atoms with Gasteiger partial charge in [0.15, 0.2) is 0 Å². The van der Waals surface area contributed by atoms with E-state index in [-0.39, 0.29) is 10.8 Å². The second kappa shape index (κ2) is 8.90. The fraction of sp³-hybridized carbons (Fsp3) is 0.435. The Morgan fingerprint density at radius 2 is 1.53 bits per heavy atom. The summed E-state index contributed by atoms with van der Waals surface area (Å²) in [7, 11) is -4.37. The lowest BCUT2D eigenvalue weighted by Gasteiger charge is -2.54. The standard InChI is InChI=1S/C23H21I3O5S/c24-18-3-2-16(21(25)22(18)26)23(27)31-15-1-4-19(32(28,29)30)17(10-15)20-13-6-11-5-12(8-13)9-14(20)7-11/h1-4,10-14,20H,5-9H2,(H,28,29,30). The van der Waals surface area contributed by atoms with Crippen LogP contribution in [-0.2, 0) is 10.1 Å². The highest BCUT2D eigenvalue weighted by atomic mass is 127. The van der Waals surface area contributed by atoms with Crippen molar-refractivity contribution in [3.63, 3.8) is 0 Å². The lowest BCUT2D eigenvalue weighted by molar-refractivity contribution is -0.00373. The van der Waals surface area contributed by atoms with E-state index in [0.29, 0.717) is 28.7 Å². The minimum atomic E-state index is -4.37. The lowest BCUT2D eigenvalue weighted by atomic mass is 9.51. The molecular weight excluding hydrogens is 769 g/mol. The summed E-state index contributed by atoms with van der Waals surface area (Å²) < 4.78 is 42.9. The summed E-state index contributed by atoms with van der Waals surface area (Å²) in [6, 6.07) is 8.16. The lowest BCUT2D eigenvalue weighted by Crippen LogP contribution is -2.44. The maximum absolute atomic E-state index is 12.9. The number of benzene rings is 2. The highest BCUT2D eigenvalue weighted by Gasteiger charge is 2.49. The van der Waals surface area contributed by atoms with Crippen molar-refractivity contribution >= 4 is 83.9 Å². The summed E-state index contributed by atoms with van der Waals surface area (Å²) in [5.41, 5.74) is 1.09. The van der Waals surface area contributed by atoms with Crippen LogP contribution in [-0.4, -0.2) is 18.9 Å². The van der Waals surface area contributed by atoms with E-state index in [4.69, 9.17) is 4.74 Å². The third-order valence-electron chi connectivity index (χ3n) is 7.31. The van der Waals surface area contributed by atoms with Gasteiger partial charge in [0.1, 0.15) is 5.75 Å². The van der Waals surface area contributed by atoms with Crippen LogP contribution in [0.4, 0.5) is 0 Å². The Kier molecular flexibility index (Phi) is 6.60. The van der Waals surface area contributed by atoms with Crippen molar-refractivity contribution in [2.75, 3.05) is 0 Å². The topological polar surface area (TPSA) is 80.7 Å². The van der Waals surface area contributed by atoms with Crippen LogP contribution >= 0.6 is 67.8 Å². The maximum atomic E-state index is 12.9. The molecule has 0 spiro atoms. The fourth-order valence-electron chi connectivity index (χ4n) is 6.36. The molecule has 4 aliphatic rings. The molecule has 0 saturated heterocycles. The maximum Gasteiger partial charge on any atom is 0.344 e. The van der Waals surface area contributed by atoms with Gasteiger partial charge in [-0.2, -0.15) is 8.42 Å². The Labute approximate surface area is 228 Å². The number of halogens is 3. The molecule has 1 N–H and O–H groups in total. The van der Waals surface area contributed by atoms with E-state index < -0.39 is 16.1 Å². The summed E-state index contributed by atoms with van der Waals surface area (Å²) in [5.74, 6) is 2.27. The van der Waals surface area contributed by atoms with Gasteiger partial charge in [-0.1, -0.05) is 0 Å². The normalized spacial score (nSPS) is 28.7. The van der Waals surface area contributed by atoms with E-state index in [1.165, 1.54) is 18.6 Å². The van der Waals surface area contributed by atoms with E-state index in [2.05, 4.69) is 67.8 Å². The molecule has 170 valence electrons. The molecule has 4 bridgehead atoms. The van der Waals surface area contributed by atoms with Gasteiger partial charge in [-0.3, -0.25) is 4.55 Å². The highest BCUT2D eigenvalue weighted by molar-refractivity contribution is 14.1. The molecule has 0 amide bonds. The monoisotopic (exact) mass is 790 g/mol. The smallest absolute Gasteiger partial charge is 0.344 e. The van der Waals surface area contributed by atoms with Gasteiger partial charge in [0.2, 0.25) is 0 Å². The first-order valence-corrected chi connectivity index (χ1v) is 15.3. The Hall–Kier alpha value is 0.0100. The second-order valence-electron chi connectivity index (χ2n) is 9.24. The zero-order valence-corrected chi connectivity index (χ0v) is 24.2. The molecule has 5 nitrogen and oxygen atoms in total. The number of ether oxygens (including phenoxy) is 1. The molecule has 4 aliphatic carbocycles. The molecule has 0 atom stereocenters. The van der Waals surface area contributed by atoms with Crippen LogP contribution in [0.5, 0.6) is 5.75 Å². The van der Waals surface area contributed by atoms with Crippen molar-refractivity contribution in [2.45, 2.75) is 42.9 Å². The Bertz CT molecular complexity index is 1180. The van der Waals surface area contributed by atoms with Crippen molar-refractivity contribution in [3.8, 4) is 5.75 Å². The molecule has 2 aromatic rings. The van der Waals surface area contributed by atoms with Crippen molar-refractivity contribution < 1.29 is 22.5 Å². The molecule has 4 saturated carbocycles. The van der Waals surface area contributed by atoms with E-state index in [1.54, 1.807) is 12.1 Å². The predicted molar refractivity (Wildman–Crippen MR) is 146 cm³/mol. The van der Waals surface area contributed by atoms with Gasteiger partial charge in [-0.25, -0.2) is 4.79 Å². The first kappa shape index (κ1) is 23.7. The molecule has 4 fully saturated rings. The molecule has 0 unspecified atom stereocenters. The number of esters is 1. The molecule has 32 heavy (non-hydrogen) atoms. The third-order valence-corrected chi connectivity index (χ3v) is 13.4. The average molecular weight is 790 g/mol. The van der Waals surface area contributed by atoms with E-state index >= 15 is 0 Å². The summed E-state index contributed by atoms with van der Waals surface area (Å²) in [5, 5.41) is 0. The molecule has 0 aromatic heterocycles. The van der Waals surface area contributed by atoms with Crippen LogP contribution in [0.25, 0.3) is 0 Å². The molecule has 0 heterocycles. The number of rotatable bonds is 4. The van der Waals surface area contributed by atoms with Crippen LogP contribution in [0.2, 0.25) is 0 Å². The summed E-state index contributed by atoms with van der Waals surface area (Å²) in [4.78, 5) is 12.9. The second-order valence-corrected chi connectivity index (χ2v) is 14.0. The number of carbonyl (C=O) groups excluding carboxylic acids is 1. The highest BCUT2D eigenvalue weighted by Crippen LogP contribution is 2.60. The fourth-order valence-corrected chi connectivity index (χ4v) is 9.22. The minimum Gasteiger partial charge on any atom is -0.423 e. The summed E-state index contributed by atoms with van der Waals surface area (Å²) in [6.07, 6.45) is 5.77. The van der Waals surface area contributed by atoms with Gasteiger partial charge < -0.3 is 4.74 Å². The Morgan fingerprint density at radius 1 is 0.906 bits per heavy atom. The Balaban J connectivity index is 1.51. The van der Waals surface area contributed by atoms with Crippen LogP contribution < -0.4 is 4.74 Å². The minimum absolute atomic E-state index is 0.0480. The van der Waals surface area contributed by atoms with E-state index in [9.17, 15) is 17.8 Å². The molecular formula is C23H21I3O5S. The number of hydrogen-bond donors (Lipinski definition) is 1. The first-order valence-electron chi connectivity index (χ1n) is 10.6. The van der Waals surface area contributed by atoms with Gasteiger partial charge >= 0.3 is 5.97 Å². The molecule has 0 radical (unpaired) electrons. The van der Waals surface area contributed by atoms with Crippen LogP contribution in [0, 0.1) is 34.4 Å². The van der Waals surface area contributed by atoms with E-state index in [0.717, 1.165) is 48.2 Å². The quantitative estimate of drug-likeness (QED) is 0.126. The molecule has 2 aromatic carbocycles. The molecule has 9 heteroatoms. The first-order chi connectivity index (χ1) is 15.1. The van der Waals surface area contributed by atoms with Crippen molar-refractivity contribution in [1.82, 2.24) is 0 Å².